The molecule has 5 heteroatoms. The summed E-state index contributed by atoms with van der Waals surface area (Å²) >= 11 is 0. The van der Waals surface area contributed by atoms with Gasteiger partial charge in [-0.1, -0.05) is 51.1 Å². The van der Waals surface area contributed by atoms with Crippen LogP contribution in [0.2, 0.25) is 0 Å². The molecule has 0 unspecified atom stereocenters. The number of carbonyl (C=O) groups is 1. The third kappa shape index (κ3) is 2.70. The number of nitrogens with zero attached hydrogens (tertiary/aromatic N) is 3. The van der Waals surface area contributed by atoms with Crippen LogP contribution in [0.5, 0.6) is 0 Å². The third-order valence-electron chi connectivity index (χ3n) is 3.63. The highest BCUT2D eigenvalue weighted by Crippen LogP contribution is 2.26. The number of benzene rings is 1. The van der Waals surface area contributed by atoms with Crippen molar-refractivity contribution >= 4 is 11.6 Å². The summed E-state index contributed by atoms with van der Waals surface area (Å²) in [5, 5.41) is 4.64. The zero-order chi connectivity index (χ0) is 16.6. The van der Waals surface area contributed by atoms with Crippen LogP contribution in [0.15, 0.2) is 42.5 Å². The number of aromatic nitrogens is 3. The molecule has 2 aromatic heterocycles. The molecule has 0 aliphatic heterocycles. The summed E-state index contributed by atoms with van der Waals surface area (Å²) in [4.78, 5) is 16.6. The molecule has 0 radical (unpaired) electrons. The molecule has 3 aromatic rings. The van der Waals surface area contributed by atoms with Crippen molar-refractivity contribution in [3.05, 3.63) is 53.9 Å². The van der Waals surface area contributed by atoms with Crippen molar-refractivity contribution in [3.63, 3.8) is 0 Å². The molecule has 0 atom stereocenters. The quantitative estimate of drug-likeness (QED) is 0.680. The zero-order valence-electron chi connectivity index (χ0n) is 13.7. The summed E-state index contributed by atoms with van der Waals surface area (Å²) in [7, 11) is 1.37. The number of pyridine rings is 1. The summed E-state index contributed by atoms with van der Waals surface area (Å²) < 4.78 is 6.59. The molecule has 0 aliphatic carbocycles. The number of ether oxygens (including phenoxy) is 1. The van der Waals surface area contributed by atoms with E-state index in [-0.39, 0.29) is 5.41 Å². The highest BCUT2D eigenvalue weighted by atomic mass is 16.5. The highest BCUT2D eigenvalue weighted by molar-refractivity contribution is 5.96. The van der Waals surface area contributed by atoms with Crippen LogP contribution in [0.3, 0.4) is 0 Å². The average molecular weight is 309 g/mol. The van der Waals surface area contributed by atoms with Gasteiger partial charge in [-0.05, 0) is 12.1 Å². The molecule has 0 saturated carbocycles. The number of fused-ring (bicyclic) bond motifs is 1. The zero-order valence-corrected chi connectivity index (χ0v) is 13.7. The Morgan fingerprint density at radius 3 is 2.39 bits per heavy atom. The Morgan fingerprint density at radius 2 is 1.78 bits per heavy atom. The van der Waals surface area contributed by atoms with Gasteiger partial charge in [0.1, 0.15) is 5.56 Å². The van der Waals surface area contributed by atoms with Crippen LogP contribution in [0, 0.1) is 0 Å². The van der Waals surface area contributed by atoms with Gasteiger partial charge in [-0.25, -0.2) is 14.3 Å². The maximum atomic E-state index is 12.0. The van der Waals surface area contributed by atoms with Crippen LogP contribution in [0.4, 0.5) is 0 Å². The number of hydrogen-bond donors (Lipinski definition) is 0. The van der Waals surface area contributed by atoms with Crippen LogP contribution in [-0.4, -0.2) is 27.7 Å². The molecule has 118 valence electrons. The van der Waals surface area contributed by atoms with Crippen molar-refractivity contribution < 1.29 is 9.53 Å². The van der Waals surface area contributed by atoms with E-state index < -0.39 is 5.97 Å². The van der Waals surface area contributed by atoms with Crippen LogP contribution >= 0.6 is 0 Å². The van der Waals surface area contributed by atoms with E-state index in [0.29, 0.717) is 17.0 Å². The maximum absolute atomic E-state index is 12.0. The predicted octanol–water partition coefficient (Wildman–Crippen LogP) is 3.48. The van der Waals surface area contributed by atoms with Gasteiger partial charge in [0.05, 0.1) is 12.8 Å². The molecule has 3 rings (SSSR count). The first-order valence-electron chi connectivity index (χ1n) is 7.46. The number of methoxy groups -OCH3 is 1. The van der Waals surface area contributed by atoms with Crippen LogP contribution in [0.1, 0.15) is 37.0 Å². The second-order valence-electron chi connectivity index (χ2n) is 6.41. The van der Waals surface area contributed by atoms with Crippen LogP contribution in [0.25, 0.3) is 16.9 Å². The van der Waals surface area contributed by atoms with Crippen molar-refractivity contribution in [1.29, 1.82) is 0 Å². The topological polar surface area (TPSA) is 56.5 Å². The van der Waals surface area contributed by atoms with E-state index in [4.69, 9.17) is 4.74 Å². The first-order chi connectivity index (χ1) is 10.9. The minimum atomic E-state index is -0.414. The fourth-order valence-corrected chi connectivity index (χ4v) is 2.38. The largest absolute Gasteiger partial charge is 0.465 e. The summed E-state index contributed by atoms with van der Waals surface area (Å²) in [6.45, 7) is 6.13. The second-order valence-corrected chi connectivity index (χ2v) is 6.41. The number of esters is 1. The van der Waals surface area contributed by atoms with E-state index in [1.54, 1.807) is 10.6 Å². The van der Waals surface area contributed by atoms with E-state index >= 15 is 0 Å². The Labute approximate surface area is 134 Å². The van der Waals surface area contributed by atoms with Crippen LogP contribution in [-0.2, 0) is 10.2 Å². The van der Waals surface area contributed by atoms with Gasteiger partial charge < -0.3 is 4.74 Å². The SMILES string of the molecule is COC(=O)c1ccc(-c2ccccc2)n2nc(C(C)(C)C)nc12. The minimum Gasteiger partial charge on any atom is -0.465 e. The molecule has 0 spiro atoms. The monoisotopic (exact) mass is 309 g/mol. The Bertz CT molecular complexity index is 861. The maximum Gasteiger partial charge on any atom is 0.341 e. The van der Waals surface area contributed by atoms with Gasteiger partial charge in [0.2, 0.25) is 0 Å². The van der Waals surface area contributed by atoms with Gasteiger partial charge in [0, 0.05) is 11.0 Å². The lowest BCUT2D eigenvalue weighted by Crippen LogP contribution is -2.13. The fourth-order valence-electron chi connectivity index (χ4n) is 2.38. The molecule has 0 saturated heterocycles. The lowest BCUT2D eigenvalue weighted by molar-refractivity contribution is 0.0602. The second kappa shape index (κ2) is 5.50. The predicted molar refractivity (Wildman–Crippen MR) is 88.5 cm³/mol. The van der Waals surface area contributed by atoms with E-state index in [2.05, 4.69) is 10.1 Å². The van der Waals surface area contributed by atoms with Crippen molar-refractivity contribution in [2.45, 2.75) is 26.2 Å². The van der Waals surface area contributed by atoms with Gasteiger partial charge in [-0.15, -0.1) is 0 Å². The van der Waals surface area contributed by atoms with Gasteiger partial charge >= 0.3 is 5.97 Å². The summed E-state index contributed by atoms with van der Waals surface area (Å²) in [5.41, 5.74) is 2.61. The standard InChI is InChI=1S/C18H19N3O2/c1-18(2,3)17-19-15-13(16(22)23-4)10-11-14(21(15)20-17)12-8-6-5-7-9-12/h5-11H,1-4H3. The van der Waals surface area contributed by atoms with E-state index in [1.165, 1.54) is 7.11 Å². The Kier molecular flexibility index (Phi) is 3.64. The Hall–Kier alpha value is -2.69. The van der Waals surface area contributed by atoms with Crippen molar-refractivity contribution in [1.82, 2.24) is 14.6 Å². The molecule has 0 fully saturated rings. The van der Waals surface area contributed by atoms with Gasteiger partial charge in [-0.3, -0.25) is 0 Å². The Morgan fingerprint density at radius 1 is 1.09 bits per heavy atom. The van der Waals surface area contributed by atoms with Gasteiger partial charge in [0.15, 0.2) is 11.5 Å². The van der Waals surface area contributed by atoms with Crippen molar-refractivity contribution in [2.24, 2.45) is 0 Å². The molecule has 0 bridgehead atoms. The number of rotatable bonds is 2. The molecular formula is C18H19N3O2. The first-order valence-corrected chi connectivity index (χ1v) is 7.46. The average Bonchev–Trinajstić information content (AvgIpc) is 2.99. The normalized spacial score (nSPS) is 11.7. The van der Waals surface area contributed by atoms with E-state index in [1.807, 2.05) is 57.2 Å². The summed E-state index contributed by atoms with van der Waals surface area (Å²) in [6.07, 6.45) is 0. The number of carbonyl (C=O) groups excluding carboxylic acids is 1. The van der Waals surface area contributed by atoms with E-state index in [0.717, 1.165) is 11.3 Å². The highest BCUT2D eigenvalue weighted by Gasteiger charge is 2.24. The number of hydrogen-bond acceptors (Lipinski definition) is 4. The molecule has 5 nitrogen and oxygen atoms in total. The van der Waals surface area contributed by atoms with Crippen LogP contribution < -0.4 is 0 Å². The molecule has 2 heterocycles. The smallest absolute Gasteiger partial charge is 0.341 e. The van der Waals surface area contributed by atoms with Gasteiger partial charge in [0.25, 0.3) is 0 Å². The molecule has 1 aromatic carbocycles. The molecular weight excluding hydrogens is 290 g/mol. The molecule has 0 aliphatic rings. The van der Waals surface area contributed by atoms with Crippen molar-refractivity contribution in [2.75, 3.05) is 7.11 Å². The van der Waals surface area contributed by atoms with Crippen molar-refractivity contribution in [3.8, 4) is 11.3 Å². The minimum absolute atomic E-state index is 0.215. The first kappa shape index (κ1) is 15.2. The molecule has 0 amide bonds. The lowest BCUT2D eigenvalue weighted by atomic mass is 9.96. The van der Waals surface area contributed by atoms with Gasteiger partial charge in [-0.2, -0.15) is 5.10 Å². The fraction of sp³-hybridized carbons (Fsp3) is 0.278. The van der Waals surface area contributed by atoms with E-state index in [9.17, 15) is 4.79 Å². The molecule has 23 heavy (non-hydrogen) atoms. The summed E-state index contributed by atoms with van der Waals surface area (Å²) in [6, 6.07) is 13.5. The lowest BCUT2D eigenvalue weighted by Gasteiger charge is -2.12. The third-order valence-corrected chi connectivity index (χ3v) is 3.63. The Balaban J connectivity index is 2.32. The summed E-state index contributed by atoms with van der Waals surface area (Å²) in [5.74, 6) is 0.272. The molecule has 0 N–H and O–H groups in total.